The fourth-order valence-electron chi connectivity index (χ4n) is 2.60. The number of carbonyl (C=O) groups is 2. The Morgan fingerprint density at radius 1 is 1.28 bits per heavy atom. The summed E-state index contributed by atoms with van der Waals surface area (Å²) in [5, 5.41) is 13.9. The van der Waals surface area contributed by atoms with E-state index in [1.54, 1.807) is 18.2 Å². The number of allylic oxidation sites excluding steroid dienone is 1. The number of benzene rings is 1. The number of hydrogen-bond acceptors (Lipinski definition) is 6. The molecule has 0 fully saturated rings. The van der Waals surface area contributed by atoms with Crippen molar-refractivity contribution in [3.63, 3.8) is 0 Å². The first-order valence-electron chi connectivity index (χ1n) is 8.91. The summed E-state index contributed by atoms with van der Waals surface area (Å²) in [7, 11) is 0. The molecule has 3 aromatic rings. The molecule has 2 heterocycles. The number of aryl methyl sites for hydroxylation is 1. The van der Waals surface area contributed by atoms with Crippen LogP contribution < -0.4 is 10.6 Å². The largest absolute Gasteiger partial charge is 0.467 e. The summed E-state index contributed by atoms with van der Waals surface area (Å²) in [4.78, 5) is 23.9. The van der Waals surface area contributed by atoms with Gasteiger partial charge in [0.2, 0.25) is 5.91 Å². The second kappa shape index (κ2) is 9.74. The molecule has 0 bridgehead atoms. The van der Waals surface area contributed by atoms with E-state index < -0.39 is 11.9 Å². The fraction of sp³-hybridized carbons (Fsp3) is 0.200. The van der Waals surface area contributed by atoms with Crippen molar-refractivity contribution in [1.82, 2.24) is 25.4 Å². The third kappa shape index (κ3) is 5.58. The van der Waals surface area contributed by atoms with Crippen LogP contribution in [0, 0.1) is 6.92 Å². The lowest BCUT2D eigenvalue weighted by Gasteiger charge is -2.08. The van der Waals surface area contributed by atoms with Gasteiger partial charge in [0.15, 0.2) is 11.0 Å². The van der Waals surface area contributed by atoms with E-state index >= 15 is 0 Å². The number of furan rings is 1. The van der Waals surface area contributed by atoms with Gasteiger partial charge < -0.3 is 9.73 Å². The van der Waals surface area contributed by atoms with Gasteiger partial charge in [0.05, 0.1) is 18.6 Å². The lowest BCUT2D eigenvalue weighted by Crippen LogP contribution is -2.39. The molecule has 29 heavy (non-hydrogen) atoms. The zero-order chi connectivity index (χ0) is 20.6. The molecule has 150 valence electrons. The number of hydrogen-bond donors (Lipinski definition) is 2. The van der Waals surface area contributed by atoms with Gasteiger partial charge in [-0.05, 0) is 25.1 Å². The van der Waals surface area contributed by atoms with Crippen molar-refractivity contribution in [2.45, 2.75) is 25.2 Å². The van der Waals surface area contributed by atoms with Crippen LogP contribution in [0.5, 0.6) is 0 Å². The molecule has 0 spiro atoms. The van der Waals surface area contributed by atoms with Crippen LogP contribution in [0.4, 0.5) is 4.79 Å². The predicted octanol–water partition coefficient (Wildman–Crippen LogP) is 3.15. The molecule has 0 saturated heterocycles. The van der Waals surface area contributed by atoms with Crippen molar-refractivity contribution in [2.24, 2.45) is 0 Å². The summed E-state index contributed by atoms with van der Waals surface area (Å²) >= 11 is 1.20. The normalized spacial score (nSPS) is 10.5. The van der Waals surface area contributed by atoms with Gasteiger partial charge in [0.1, 0.15) is 5.76 Å². The highest BCUT2D eigenvalue weighted by atomic mass is 32.2. The van der Waals surface area contributed by atoms with Crippen LogP contribution >= 0.6 is 11.8 Å². The molecule has 0 saturated carbocycles. The Morgan fingerprint density at radius 3 is 2.86 bits per heavy atom. The van der Waals surface area contributed by atoms with Gasteiger partial charge in [-0.3, -0.25) is 14.7 Å². The zero-order valence-electron chi connectivity index (χ0n) is 15.9. The Bertz CT molecular complexity index is 997. The topological polar surface area (TPSA) is 102 Å². The highest BCUT2D eigenvalue weighted by Crippen LogP contribution is 2.24. The SMILES string of the molecule is C=CCn1c(SCC(=O)NC(=O)NCc2ccco2)nnc1-c1cccc(C)c1. The molecular formula is C20H21N5O3S. The second-order valence-corrected chi connectivity index (χ2v) is 7.12. The quantitative estimate of drug-likeness (QED) is 0.436. The van der Waals surface area contributed by atoms with Crippen LogP contribution in [0.1, 0.15) is 11.3 Å². The molecule has 1 aromatic carbocycles. The Kier molecular flexibility index (Phi) is 6.85. The number of rotatable bonds is 8. The van der Waals surface area contributed by atoms with E-state index in [9.17, 15) is 9.59 Å². The van der Waals surface area contributed by atoms with Gasteiger partial charge >= 0.3 is 6.03 Å². The van der Waals surface area contributed by atoms with Crippen LogP contribution in [-0.4, -0.2) is 32.5 Å². The van der Waals surface area contributed by atoms with Crippen LogP contribution in [0.15, 0.2) is 64.9 Å². The maximum atomic E-state index is 12.1. The fourth-order valence-corrected chi connectivity index (χ4v) is 3.35. The number of amides is 3. The summed E-state index contributed by atoms with van der Waals surface area (Å²) in [5.41, 5.74) is 2.05. The monoisotopic (exact) mass is 411 g/mol. The highest BCUT2D eigenvalue weighted by molar-refractivity contribution is 7.99. The molecule has 2 N–H and O–H groups in total. The van der Waals surface area contributed by atoms with Crippen LogP contribution in [0.3, 0.4) is 0 Å². The number of thioether (sulfide) groups is 1. The molecule has 0 aliphatic heterocycles. The molecule has 3 rings (SSSR count). The zero-order valence-corrected chi connectivity index (χ0v) is 16.7. The molecule has 0 atom stereocenters. The van der Waals surface area contributed by atoms with Gasteiger partial charge in [-0.1, -0.05) is 41.6 Å². The van der Waals surface area contributed by atoms with E-state index in [0.29, 0.717) is 23.3 Å². The summed E-state index contributed by atoms with van der Waals surface area (Å²) in [6.07, 6.45) is 3.26. The van der Waals surface area contributed by atoms with E-state index in [2.05, 4.69) is 27.4 Å². The number of carbonyl (C=O) groups excluding carboxylic acids is 2. The molecule has 0 unspecified atom stereocenters. The number of imide groups is 1. The van der Waals surface area contributed by atoms with E-state index in [1.807, 2.05) is 35.8 Å². The minimum atomic E-state index is -0.583. The minimum absolute atomic E-state index is 0.0251. The van der Waals surface area contributed by atoms with Gasteiger partial charge in [0, 0.05) is 12.1 Å². The first-order chi connectivity index (χ1) is 14.1. The molecule has 0 aliphatic rings. The van der Waals surface area contributed by atoms with E-state index in [1.165, 1.54) is 18.0 Å². The number of aromatic nitrogens is 3. The third-order valence-corrected chi connectivity index (χ3v) is 4.86. The molecule has 8 nitrogen and oxygen atoms in total. The van der Waals surface area contributed by atoms with Gasteiger partial charge in [-0.25, -0.2) is 4.79 Å². The van der Waals surface area contributed by atoms with Crippen LogP contribution in [-0.2, 0) is 17.9 Å². The maximum Gasteiger partial charge on any atom is 0.321 e. The lowest BCUT2D eigenvalue weighted by molar-refractivity contribution is -0.117. The highest BCUT2D eigenvalue weighted by Gasteiger charge is 2.16. The van der Waals surface area contributed by atoms with Crippen molar-refractivity contribution in [3.8, 4) is 11.4 Å². The summed E-state index contributed by atoms with van der Waals surface area (Å²) in [6.45, 7) is 6.49. The second-order valence-electron chi connectivity index (χ2n) is 6.17. The third-order valence-electron chi connectivity index (χ3n) is 3.89. The summed E-state index contributed by atoms with van der Waals surface area (Å²) in [6, 6.07) is 10.8. The summed E-state index contributed by atoms with van der Waals surface area (Å²) < 4.78 is 7.00. The Morgan fingerprint density at radius 2 is 2.14 bits per heavy atom. The molecule has 0 aliphatic carbocycles. The average Bonchev–Trinajstić information content (AvgIpc) is 3.35. The molecule has 9 heteroatoms. The predicted molar refractivity (Wildman–Crippen MR) is 110 cm³/mol. The van der Waals surface area contributed by atoms with Crippen LogP contribution in [0.2, 0.25) is 0 Å². The van der Waals surface area contributed by atoms with E-state index in [-0.39, 0.29) is 12.3 Å². The van der Waals surface area contributed by atoms with E-state index in [4.69, 9.17) is 4.42 Å². The number of urea groups is 1. The standard InChI is InChI=1S/C20H21N5O3S/c1-3-9-25-18(15-7-4-6-14(2)11-15)23-24-20(25)29-13-17(26)22-19(27)21-12-16-8-5-10-28-16/h3-8,10-11H,1,9,12-13H2,2H3,(H2,21,22,26,27). The molecule has 3 amide bonds. The van der Waals surface area contributed by atoms with Gasteiger partial charge in [-0.15, -0.1) is 16.8 Å². The smallest absolute Gasteiger partial charge is 0.321 e. The van der Waals surface area contributed by atoms with Gasteiger partial charge in [-0.2, -0.15) is 0 Å². The Hall–Kier alpha value is -3.33. The van der Waals surface area contributed by atoms with Crippen molar-refractivity contribution >= 4 is 23.7 Å². The number of nitrogens with one attached hydrogen (secondary N) is 2. The van der Waals surface area contributed by atoms with Crippen molar-refractivity contribution < 1.29 is 14.0 Å². The van der Waals surface area contributed by atoms with Gasteiger partial charge in [0.25, 0.3) is 0 Å². The molecule has 2 aromatic heterocycles. The average molecular weight is 411 g/mol. The first-order valence-corrected chi connectivity index (χ1v) is 9.89. The van der Waals surface area contributed by atoms with Crippen molar-refractivity contribution in [3.05, 3.63) is 66.6 Å². The number of nitrogens with zero attached hydrogens (tertiary/aromatic N) is 3. The van der Waals surface area contributed by atoms with E-state index in [0.717, 1.165) is 11.1 Å². The molecule has 0 radical (unpaired) electrons. The van der Waals surface area contributed by atoms with Crippen LogP contribution in [0.25, 0.3) is 11.4 Å². The Balaban J connectivity index is 1.59. The first kappa shape index (κ1) is 20.4. The molecular weight excluding hydrogens is 390 g/mol. The lowest BCUT2D eigenvalue weighted by atomic mass is 10.1. The summed E-state index contributed by atoms with van der Waals surface area (Å²) in [5.74, 6) is 0.894. The van der Waals surface area contributed by atoms with Crippen molar-refractivity contribution in [1.29, 1.82) is 0 Å². The van der Waals surface area contributed by atoms with Crippen molar-refractivity contribution in [2.75, 3.05) is 5.75 Å². The minimum Gasteiger partial charge on any atom is -0.467 e. The maximum absolute atomic E-state index is 12.1. The Labute approximate surface area is 172 Å².